The third-order valence-electron chi connectivity index (χ3n) is 4.25. The third-order valence-corrected chi connectivity index (χ3v) is 4.25. The molecule has 0 radical (unpaired) electrons. The number of hydrogen-bond acceptors (Lipinski definition) is 3. The van der Waals surface area contributed by atoms with Crippen molar-refractivity contribution in [2.75, 3.05) is 13.1 Å². The number of carbonyl (C=O) groups excluding carboxylic acids is 1. The molecule has 1 aromatic rings. The Morgan fingerprint density at radius 2 is 1.95 bits per heavy atom. The van der Waals surface area contributed by atoms with Gasteiger partial charge in [0.1, 0.15) is 6.10 Å². The molecule has 3 nitrogen and oxygen atoms in total. The Hall–Kier alpha value is -1.35. The average molecular weight is 261 g/mol. The lowest BCUT2D eigenvalue weighted by Gasteiger charge is -2.31. The molecule has 0 saturated carbocycles. The number of benzene rings is 1. The molecule has 0 aromatic heterocycles. The smallest absolute Gasteiger partial charge is 0.314 e. The molecule has 0 spiro atoms. The normalized spacial score (nSPS) is 24.4. The average Bonchev–Trinajstić information content (AvgIpc) is 2.90. The zero-order valence-corrected chi connectivity index (χ0v) is 12.0. The SMILES string of the molecule is CC(OC(=O)C1(C(C)C)CCNC1)c1ccccc1. The summed E-state index contributed by atoms with van der Waals surface area (Å²) in [7, 11) is 0. The molecular formula is C16H23NO2. The topological polar surface area (TPSA) is 38.3 Å². The number of hydrogen-bond donors (Lipinski definition) is 1. The maximum atomic E-state index is 12.5. The first kappa shape index (κ1) is 14.1. The zero-order valence-electron chi connectivity index (χ0n) is 12.0. The molecule has 1 heterocycles. The van der Waals surface area contributed by atoms with Crippen molar-refractivity contribution in [1.29, 1.82) is 0 Å². The molecule has 0 aliphatic carbocycles. The van der Waals surface area contributed by atoms with Crippen LogP contribution in [0, 0.1) is 11.3 Å². The Labute approximate surface area is 115 Å². The number of nitrogens with one attached hydrogen (secondary N) is 1. The molecule has 3 heteroatoms. The van der Waals surface area contributed by atoms with Crippen LogP contribution in [0.1, 0.15) is 38.9 Å². The van der Waals surface area contributed by atoms with E-state index in [2.05, 4.69) is 19.2 Å². The van der Waals surface area contributed by atoms with Crippen LogP contribution in [-0.2, 0) is 9.53 Å². The minimum Gasteiger partial charge on any atom is -0.457 e. The van der Waals surface area contributed by atoms with Crippen LogP contribution in [-0.4, -0.2) is 19.1 Å². The Balaban J connectivity index is 2.08. The molecule has 1 aromatic carbocycles. The van der Waals surface area contributed by atoms with Gasteiger partial charge < -0.3 is 10.1 Å². The fourth-order valence-electron chi connectivity index (χ4n) is 2.68. The maximum absolute atomic E-state index is 12.5. The third kappa shape index (κ3) is 2.81. The second-order valence-electron chi connectivity index (χ2n) is 5.70. The summed E-state index contributed by atoms with van der Waals surface area (Å²) in [6.45, 7) is 7.75. The molecule has 1 aliphatic heterocycles. The quantitative estimate of drug-likeness (QED) is 0.847. The molecule has 104 valence electrons. The van der Waals surface area contributed by atoms with Crippen molar-refractivity contribution in [2.45, 2.75) is 33.3 Å². The van der Waals surface area contributed by atoms with Gasteiger partial charge >= 0.3 is 5.97 Å². The fourth-order valence-corrected chi connectivity index (χ4v) is 2.68. The van der Waals surface area contributed by atoms with E-state index in [0.29, 0.717) is 0 Å². The molecule has 0 amide bonds. The highest BCUT2D eigenvalue weighted by Gasteiger charge is 2.45. The van der Waals surface area contributed by atoms with E-state index in [-0.39, 0.29) is 23.4 Å². The van der Waals surface area contributed by atoms with Crippen LogP contribution < -0.4 is 5.32 Å². The van der Waals surface area contributed by atoms with Crippen molar-refractivity contribution in [3.63, 3.8) is 0 Å². The number of rotatable bonds is 4. The summed E-state index contributed by atoms with van der Waals surface area (Å²) in [6, 6.07) is 9.89. The second-order valence-corrected chi connectivity index (χ2v) is 5.70. The van der Waals surface area contributed by atoms with E-state index in [1.165, 1.54) is 0 Å². The molecule has 2 unspecified atom stereocenters. The summed E-state index contributed by atoms with van der Waals surface area (Å²) in [5.41, 5.74) is 0.684. The first-order valence-electron chi connectivity index (χ1n) is 7.03. The minimum absolute atomic E-state index is 0.0659. The van der Waals surface area contributed by atoms with Crippen molar-refractivity contribution in [3.05, 3.63) is 35.9 Å². The second kappa shape index (κ2) is 5.74. The molecule has 2 rings (SSSR count). The van der Waals surface area contributed by atoms with Gasteiger partial charge in [0.25, 0.3) is 0 Å². The summed E-state index contributed by atoms with van der Waals surface area (Å²) in [6.07, 6.45) is 0.676. The molecule has 1 N–H and O–H groups in total. The summed E-state index contributed by atoms with van der Waals surface area (Å²) in [4.78, 5) is 12.5. The van der Waals surface area contributed by atoms with Gasteiger partial charge in [-0.15, -0.1) is 0 Å². The van der Waals surface area contributed by atoms with Crippen LogP contribution in [0.3, 0.4) is 0 Å². The van der Waals surface area contributed by atoms with Crippen LogP contribution in [0.25, 0.3) is 0 Å². The first-order chi connectivity index (χ1) is 9.06. The van der Waals surface area contributed by atoms with Gasteiger partial charge in [-0.25, -0.2) is 0 Å². The maximum Gasteiger partial charge on any atom is 0.314 e. The lowest BCUT2D eigenvalue weighted by atomic mass is 9.76. The minimum atomic E-state index is -0.358. The van der Waals surface area contributed by atoms with Crippen LogP contribution in [0.5, 0.6) is 0 Å². The molecule has 1 aliphatic rings. The van der Waals surface area contributed by atoms with Crippen molar-refractivity contribution in [3.8, 4) is 0 Å². The highest BCUT2D eigenvalue weighted by atomic mass is 16.5. The first-order valence-corrected chi connectivity index (χ1v) is 7.03. The van der Waals surface area contributed by atoms with Crippen molar-refractivity contribution < 1.29 is 9.53 Å². The van der Waals surface area contributed by atoms with Crippen molar-refractivity contribution in [2.24, 2.45) is 11.3 Å². The van der Waals surface area contributed by atoms with Crippen LogP contribution >= 0.6 is 0 Å². The van der Waals surface area contributed by atoms with Crippen LogP contribution in [0.4, 0.5) is 0 Å². The van der Waals surface area contributed by atoms with Gasteiger partial charge in [-0.2, -0.15) is 0 Å². The summed E-state index contributed by atoms with van der Waals surface area (Å²) >= 11 is 0. The van der Waals surface area contributed by atoms with E-state index >= 15 is 0 Å². The number of carbonyl (C=O) groups is 1. The predicted octanol–water partition coefficient (Wildman–Crippen LogP) is 2.93. The lowest BCUT2D eigenvalue weighted by molar-refractivity contribution is -0.162. The molecular weight excluding hydrogens is 238 g/mol. The van der Waals surface area contributed by atoms with Crippen molar-refractivity contribution in [1.82, 2.24) is 5.32 Å². The van der Waals surface area contributed by atoms with E-state index < -0.39 is 0 Å². The molecule has 1 fully saturated rings. The monoisotopic (exact) mass is 261 g/mol. The van der Waals surface area contributed by atoms with E-state index in [0.717, 1.165) is 25.1 Å². The fraction of sp³-hybridized carbons (Fsp3) is 0.562. The Morgan fingerprint density at radius 3 is 2.47 bits per heavy atom. The Morgan fingerprint density at radius 1 is 1.26 bits per heavy atom. The van der Waals surface area contributed by atoms with Crippen LogP contribution in [0.2, 0.25) is 0 Å². The van der Waals surface area contributed by atoms with Crippen LogP contribution in [0.15, 0.2) is 30.3 Å². The van der Waals surface area contributed by atoms with E-state index in [1.54, 1.807) is 0 Å². The number of esters is 1. The van der Waals surface area contributed by atoms with Gasteiger partial charge in [0.2, 0.25) is 0 Å². The van der Waals surface area contributed by atoms with Gasteiger partial charge in [-0.3, -0.25) is 4.79 Å². The summed E-state index contributed by atoms with van der Waals surface area (Å²) < 4.78 is 5.71. The zero-order chi connectivity index (χ0) is 13.9. The highest BCUT2D eigenvalue weighted by molar-refractivity contribution is 5.78. The van der Waals surface area contributed by atoms with Crippen molar-refractivity contribution >= 4 is 5.97 Å². The number of ether oxygens (including phenoxy) is 1. The molecule has 0 bridgehead atoms. The van der Waals surface area contributed by atoms with Gasteiger partial charge in [-0.1, -0.05) is 44.2 Å². The van der Waals surface area contributed by atoms with Gasteiger partial charge in [0, 0.05) is 6.54 Å². The van der Waals surface area contributed by atoms with Gasteiger partial charge in [0.05, 0.1) is 5.41 Å². The van der Waals surface area contributed by atoms with Gasteiger partial charge in [-0.05, 0) is 31.4 Å². The molecule has 19 heavy (non-hydrogen) atoms. The van der Waals surface area contributed by atoms with Gasteiger partial charge in [0.15, 0.2) is 0 Å². The Bertz CT molecular complexity index is 422. The molecule has 1 saturated heterocycles. The van der Waals surface area contributed by atoms with E-state index in [4.69, 9.17) is 4.74 Å². The summed E-state index contributed by atoms with van der Waals surface area (Å²) in [5.74, 6) is 0.224. The standard InChI is InChI=1S/C16H23NO2/c1-12(2)16(9-10-17-11-16)15(18)19-13(3)14-7-5-4-6-8-14/h4-8,12-13,17H,9-11H2,1-3H3. The van der Waals surface area contributed by atoms with E-state index in [9.17, 15) is 4.79 Å². The predicted molar refractivity (Wildman–Crippen MR) is 75.7 cm³/mol. The van der Waals surface area contributed by atoms with E-state index in [1.807, 2.05) is 37.3 Å². The summed E-state index contributed by atoms with van der Waals surface area (Å²) in [5, 5.41) is 3.29. The Kier molecular flexibility index (Phi) is 4.25. The largest absolute Gasteiger partial charge is 0.457 e. The highest BCUT2D eigenvalue weighted by Crippen LogP contribution is 2.37. The lowest BCUT2D eigenvalue weighted by Crippen LogP contribution is -2.40. The molecule has 2 atom stereocenters.